The largest absolute Gasteiger partial charge is 0.479 e. The number of amides is 1. The quantitative estimate of drug-likeness (QED) is 0.902. The Hall–Kier alpha value is -2.11. The highest BCUT2D eigenvalue weighted by Gasteiger charge is 2.46. The minimum absolute atomic E-state index is 0.0225. The number of carboxylic acid groups (broad SMARTS) is 1. The molecule has 0 spiro atoms. The molecule has 5 nitrogen and oxygen atoms in total. The monoisotopic (exact) mass is 281 g/mol. The second-order valence-electron chi connectivity index (χ2n) is 4.95. The lowest BCUT2D eigenvalue weighted by atomic mass is 9.84. The summed E-state index contributed by atoms with van der Waals surface area (Å²) < 4.78 is 18.2. The van der Waals surface area contributed by atoms with Crippen LogP contribution in [0.15, 0.2) is 18.2 Å². The van der Waals surface area contributed by atoms with Crippen LogP contribution in [-0.4, -0.2) is 34.2 Å². The van der Waals surface area contributed by atoms with Crippen LogP contribution < -0.4 is 0 Å². The molecule has 2 rings (SSSR count). The number of carbonyl (C=O) groups is 2. The Morgan fingerprint density at radius 3 is 2.75 bits per heavy atom. The van der Waals surface area contributed by atoms with E-state index in [4.69, 9.17) is 4.74 Å². The fraction of sp³-hybridized carbons (Fsp3) is 0.429. The van der Waals surface area contributed by atoms with Crippen molar-refractivity contribution in [3.63, 3.8) is 0 Å². The van der Waals surface area contributed by atoms with Crippen molar-refractivity contribution in [1.29, 1.82) is 0 Å². The summed E-state index contributed by atoms with van der Waals surface area (Å²) >= 11 is 0. The van der Waals surface area contributed by atoms with Crippen molar-refractivity contribution in [3.05, 3.63) is 35.1 Å². The van der Waals surface area contributed by atoms with Crippen LogP contribution in [0.5, 0.6) is 0 Å². The summed E-state index contributed by atoms with van der Waals surface area (Å²) in [4.78, 5) is 24.6. The molecule has 0 aromatic heterocycles. The number of hydrogen-bond donors (Lipinski definition) is 1. The number of aliphatic carboxylic acids is 1. The number of halogens is 1. The van der Waals surface area contributed by atoms with Gasteiger partial charge in [-0.3, -0.25) is 4.90 Å². The van der Waals surface area contributed by atoms with Gasteiger partial charge in [0.05, 0.1) is 13.2 Å². The molecular weight excluding hydrogens is 265 g/mol. The van der Waals surface area contributed by atoms with Crippen molar-refractivity contribution in [2.75, 3.05) is 6.61 Å². The zero-order valence-electron chi connectivity index (χ0n) is 11.4. The summed E-state index contributed by atoms with van der Waals surface area (Å²) in [6.45, 7) is 3.29. The average Bonchev–Trinajstić information content (AvgIpc) is 2.38. The lowest BCUT2D eigenvalue weighted by Crippen LogP contribution is -2.58. The van der Waals surface area contributed by atoms with E-state index < -0.39 is 23.4 Å². The number of rotatable bonds is 2. The van der Waals surface area contributed by atoms with Gasteiger partial charge in [0.25, 0.3) is 0 Å². The maximum Gasteiger partial charge on any atom is 0.411 e. The lowest BCUT2D eigenvalue weighted by Gasteiger charge is -2.41. The van der Waals surface area contributed by atoms with Crippen LogP contribution in [-0.2, 0) is 22.5 Å². The third kappa shape index (κ3) is 2.33. The van der Waals surface area contributed by atoms with E-state index in [9.17, 15) is 19.1 Å². The van der Waals surface area contributed by atoms with Crippen molar-refractivity contribution in [2.45, 2.75) is 32.4 Å². The molecule has 20 heavy (non-hydrogen) atoms. The Kier molecular flexibility index (Phi) is 3.65. The predicted molar refractivity (Wildman–Crippen MR) is 68.7 cm³/mol. The van der Waals surface area contributed by atoms with Crippen LogP contribution in [0, 0.1) is 5.82 Å². The van der Waals surface area contributed by atoms with Crippen LogP contribution in [0.2, 0.25) is 0 Å². The van der Waals surface area contributed by atoms with E-state index in [1.807, 2.05) is 0 Å². The predicted octanol–water partition coefficient (Wildman–Crippen LogP) is 2.18. The first-order valence-corrected chi connectivity index (χ1v) is 6.33. The van der Waals surface area contributed by atoms with E-state index >= 15 is 0 Å². The van der Waals surface area contributed by atoms with Crippen LogP contribution >= 0.6 is 0 Å². The standard InChI is InChI=1S/C14H16FNO4/c1-3-20-13(19)16-8-10-6-11(15)5-4-9(10)7-14(16,2)12(17)18/h4-6H,3,7-8H2,1-2H3,(H,17,18). The van der Waals surface area contributed by atoms with Gasteiger partial charge in [-0.1, -0.05) is 6.07 Å². The number of carboxylic acids is 1. The Bertz CT molecular complexity index is 560. The van der Waals surface area contributed by atoms with Gasteiger partial charge in [0.2, 0.25) is 0 Å². The molecule has 0 bridgehead atoms. The number of fused-ring (bicyclic) bond motifs is 1. The first-order chi connectivity index (χ1) is 9.38. The summed E-state index contributed by atoms with van der Waals surface area (Å²) in [5.41, 5.74) is -0.0505. The first kappa shape index (κ1) is 14.3. The van der Waals surface area contributed by atoms with Gasteiger partial charge in [-0.15, -0.1) is 0 Å². The third-order valence-electron chi connectivity index (χ3n) is 3.58. The molecule has 0 aliphatic carbocycles. The zero-order valence-corrected chi connectivity index (χ0v) is 11.4. The van der Waals surface area contributed by atoms with Gasteiger partial charge in [-0.2, -0.15) is 0 Å². The minimum Gasteiger partial charge on any atom is -0.479 e. The second-order valence-corrected chi connectivity index (χ2v) is 4.95. The van der Waals surface area contributed by atoms with Crippen molar-refractivity contribution in [2.24, 2.45) is 0 Å². The SMILES string of the molecule is CCOC(=O)N1Cc2cc(F)ccc2CC1(C)C(=O)O. The highest BCUT2D eigenvalue weighted by atomic mass is 19.1. The number of nitrogens with zero attached hydrogens (tertiary/aromatic N) is 1. The van der Waals surface area contributed by atoms with Crippen LogP contribution in [0.1, 0.15) is 25.0 Å². The smallest absolute Gasteiger partial charge is 0.411 e. The van der Waals surface area contributed by atoms with Gasteiger partial charge in [0, 0.05) is 6.42 Å². The number of ether oxygens (including phenoxy) is 1. The third-order valence-corrected chi connectivity index (χ3v) is 3.58. The highest BCUT2D eigenvalue weighted by molar-refractivity contribution is 5.85. The molecule has 1 amide bonds. The fourth-order valence-corrected chi connectivity index (χ4v) is 2.38. The average molecular weight is 281 g/mol. The summed E-state index contributed by atoms with van der Waals surface area (Å²) in [6, 6.07) is 4.18. The van der Waals surface area contributed by atoms with Gasteiger partial charge < -0.3 is 9.84 Å². The van der Waals surface area contributed by atoms with Crippen molar-refractivity contribution in [3.8, 4) is 0 Å². The van der Waals surface area contributed by atoms with Gasteiger partial charge >= 0.3 is 12.1 Å². The molecule has 1 aromatic carbocycles. The van der Waals surface area contributed by atoms with Gasteiger partial charge in [0.1, 0.15) is 11.4 Å². The number of carbonyl (C=O) groups excluding carboxylic acids is 1. The molecule has 1 N–H and O–H groups in total. The maximum absolute atomic E-state index is 13.3. The summed E-state index contributed by atoms with van der Waals surface area (Å²) in [5, 5.41) is 9.44. The highest BCUT2D eigenvalue weighted by Crippen LogP contribution is 2.32. The number of hydrogen-bond acceptors (Lipinski definition) is 3. The zero-order chi connectivity index (χ0) is 14.9. The summed E-state index contributed by atoms with van der Waals surface area (Å²) in [6.07, 6.45) is -0.580. The van der Waals surface area contributed by atoms with E-state index in [0.717, 1.165) is 10.5 Å². The second kappa shape index (κ2) is 5.11. The van der Waals surface area contributed by atoms with Crippen LogP contribution in [0.3, 0.4) is 0 Å². The normalized spacial score (nSPS) is 21.2. The molecule has 1 heterocycles. The molecule has 1 aliphatic heterocycles. The topological polar surface area (TPSA) is 66.8 Å². The molecular formula is C14H16FNO4. The van der Waals surface area contributed by atoms with Crippen molar-refractivity contribution >= 4 is 12.1 Å². The molecule has 1 aromatic rings. The Labute approximate surface area is 116 Å². The van der Waals surface area contributed by atoms with E-state index in [2.05, 4.69) is 0 Å². The van der Waals surface area contributed by atoms with Gasteiger partial charge in [0.15, 0.2) is 0 Å². The summed E-state index contributed by atoms with van der Waals surface area (Å²) in [5.74, 6) is -1.52. The van der Waals surface area contributed by atoms with Gasteiger partial charge in [-0.05, 0) is 37.1 Å². The first-order valence-electron chi connectivity index (χ1n) is 6.33. The minimum atomic E-state index is -1.39. The molecule has 0 radical (unpaired) electrons. The van der Waals surface area contributed by atoms with Crippen LogP contribution in [0.25, 0.3) is 0 Å². The maximum atomic E-state index is 13.3. The molecule has 1 aliphatic rings. The van der Waals surface area contributed by atoms with E-state index in [0.29, 0.717) is 5.56 Å². The van der Waals surface area contributed by atoms with Crippen molar-refractivity contribution in [1.82, 2.24) is 4.90 Å². The number of benzene rings is 1. The Morgan fingerprint density at radius 1 is 1.45 bits per heavy atom. The molecule has 1 unspecified atom stereocenters. The van der Waals surface area contributed by atoms with E-state index in [1.54, 1.807) is 13.0 Å². The molecule has 108 valence electrons. The summed E-state index contributed by atoms with van der Waals surface area (Å²) in [7, 11) is 0. The fourth-order valence-electron chi connectivity index (χ4n) is 2.38. The van der Waals surface area contributed by atoms with E-state index in [1.165, 1.54) is 19.1 Å². The molecule has 6 heteroatoms. The van der Waals surface area contributed by atoms with Crippen molar-refractivity contribution < 1.29 is 23.8 Å². The molecule has 0 saturated heterocycles. The molecule has 0 saturated carbocycles. The molecule has 0 fully saturated rings. The lowest BCUT2D eigenvalue weighted by molar-refractivity contribution is -0.150. The van der Waals surface area contributed by atoms with E-state index in [-0.39, 0.29) is 19.6 Å². The Morgan fingerprint density at radius 2 is 2.15 bits per heavy atom. The van der Waals surface area contributed by atoms with Gasteiger partial charge in [-0.25, -0.2) is 14.0 Å². The van der Waals surface area contributed by atoms with Crippen LogP contribution in [0.4, 0.5) is 9.18 Å². The Balaban J connectivity index is 2.43. The molecule has 1 atom stereocenters.